The van der Waals surface area contributed by atoms with Crippen molar-refractivity contribution in [2.24, 2.45) is 5.92 Å². The van der Waals surface area contributed by atoms with Crippen LogP contribution in [0.25, 0.3) is 11.4 Å². The number of anilines is 1. The van der Waals surface area contributed by atoms with Crippen LogP contribution >= 0.6 is 0 Å². The van der Waals surface area contributed by atoms with Gasteiger partial charge in [-0.1, -0.05) is 18.2 Å². The molecular formula is C35H34FN7O5. The molecule has 3 fully saturated rings. The molecule has 13 heteroatoms. The van der Waals surface area contributed by atoms with Gasteiger partial charge in [-0.3, -0.25) is 14.4 Å². The number of rotatable bonds is 6. The molecule has 3 aliphatic carbocycles. The van der Waals surface area contributed by atoms with Crippen LogP contribution in [-0.4, -0.2) is 72.3 Å². The molecule has 48 heavy (non-hydrogen) atoms. The smallest absolute Gasteiger partial charge is 0.279 e. The van der Waals surface area contributed by atoms with Gasteiger partial charge in [-0.25, -0.2) is 9.37 Å². The number of nitrogens with zero attached hydrogens (tertiary/aromatic N) is 6. The van der Waals surface area contributed by atoms with E-state index in [9.17, 15) is 23.9 Å². The van der Waals surface area contributed by atoms with Crippen LogP contribution in [0, 0.1) is 5.92 Å². The molecular weight excluding hydrogens is 617 g/mol. The van der Waals surface area contributed by atoms with Crippen molar-refractivity contribution in [3.8, 4) is 5.75 Å². The summed E-state index contributed by atoms with van der Waals surface area (Å²) in [4.78, 5) is 52.0. The zero-order valence-corrected chi connectivity index (χ0v) is 26.2. The van der Waals surface area contributed by atoms with Crippen LogP contribution in [0.4, 0.5) is 10.1 Å². The third-order valence-electron chi connectivity index (χ3n) is 11.0. The minimum atomic E-state index is -1.25. The molecule has 9 rings (SSSR count). The number of pyridine rings is 1. The molecule has 2 amide bonds. The van der Waals surface area contributed by atoms with Crippen LogP contribution in [0.5, 0.6) is 5.75 Å². The molecule has 0 radical (unpaired) electrons. The van der Waals surface area contributed by atoms with Gasteiger partial charge in [-0.05, 0) is 79.8 Å². The van der Waals surface area contributed by atoms with Gasteiger partial charge < -0.3 is 24.6 Å². The number of nitrogens with one attached hydrogen (secondary N) is 1. The number of carbonyl (C=O) groups excluding carboxylic acids is 2. The van der Waals surface area contributed by atoms with Gasteiger partial charge in [0.15, 0.2) is 11.5 Å². The second kappa shape index (κ2) is 10.5. The normalized spacial score (nSPS) is 23.0. The van der Waals surface area contributed by atoms with E-state index in [-0.39, 0.29) is 47.2 Å². The van der Waals surface area contributed by atoms with Crippen molar-refractivity contribution in [3.05, 3.63) is 87.4 Å². The number of carbonyl (C=O) groups is 2. The SMILES string of the molecule is O=C(Cn1c2c(c(=O)n3nc(C4=CCOCC4)nc13)C1(CCN(C(=O)c3ncccc3O)CC1)[C@@H]1C[C@H]21)Nc1ccc(C2(F)CC2)cc1. The Morgan fingerprint density at radius 2 is 1.90 bits per heavy atom. The van der Waals surface area contributed by atoms with Crippen molar-refractivity contribution in [1.29, 1.82) is 0 Å². The van der Waals surface area contributed by atoms with Crippen molar-refractivity contribution >= 4 is 28.9 Å². The number of amides is 2. The molecule has 0 bridgehead atoms. The number of ether oxygens (including phenoxy) is 1. The Morgan fingerprint density at radius 3 is 2.60 bits per heavy atom. The zero-order chi connectivity index (χ0) is 32.8. The van der Waals surface area contributed by atoms with E-state index in [1.807, 2.05) is 10.6 Å². The highest BCUT2D eigenvalue weighted by molar-refractivity contribution is 5.95. The molecule has 5 aliphatic rings. The first-order chi connectivity index (χ1) is 23.3. The number of aromatic hydroxyl groups is 1. The van der Waals surface area contributed by atoms with Gasteiger partial charge in [0.1, 0.15) is 18.0 Å². The van der Waals surface area contributed by atoms with Crippen molar-refractivity contribution < 1.29 is 23.8 Å². The van der Waals surface area contributed by atoms with Gasteiger partial charge in [0.05, 0.1) is 13.2 Å². The molecule has 246 valence electrons. The molecule has 3 aromatic heterocycles. The van der Waals surface area contributed by atoms with E-state index in [0.717, 1.165) is 17.7 Å². The summed E-state index contributed by atoms with van der Waals surface area (Å²) in [6, 6.07) is 9.89. The van der Waals surface area contributed by atoms with Gasteiger partial charge in [-0.2, -0.15) is 9.50 Å². The van der Waals surface area contributed by atoms with Crippen LogP contribution in [-0.2, 0) is 27.2 Å². The van der Waals surface area contributed by atoms with E-state index in [1.165, 1.54) is 16.8 Å². The monoisotopic (exact) mass is 651 g/mol. The maximum absolute atomic E-state index is 14.5. The minimum absolute atomic E-state index is 0.0172. The summed E-state index contributed by atoms with van der Waals surface area (Å²) in [5.74, 6) is 0.278. The Bertz CT molecular complexity index is 2090. The Balaban J connectivity index is 1.08. The van der Waals surface area contributed by atoms with Gasteiger partial charge in [0, 0.05) is 47.6 Å². The summed E-state index contributed by atoms with van der Waals surface area (Å²) in [5.41, 5.74) is 1.63. The molecule has 2 saturated carbocycles. The van der Waals surface area contributed by atoms with Crippen LogP contribution in [0.15, 0.2) is 53.5 Å². The summed E-state index contributed by atoms with van der Waals surface area (Å²) in [6.45, 7) is 1.70. The Morgan fingerprint density at radius 1 is 1.10 bits per heavy atom. The molecule has 2 N–H and O–H groups in total. The minimum Gasteiger partial charge on any atom is -0.505 e. The third kappa shape index (κ3) is 4.50. The molecule has 2 atom stereocenters. The summed E-state index contributed by atoms with van der Waals surface area (Å²) in [7, 11) is 0. The highest BCUT2D eigenvalue weighted by Crippen LogP contribution is 2.67. The van der Waals surface area contributed by atoms with Crippen molar-refractivity contribution in [1.82, 2.24) is 29.0 Å². The number of piperidine rings is 1. The lowest BCUT2D eigenvalue weighted by molar-refractivity contribution is -0.116. The zero-order valence-electron chi connectivity index (χ0n) is 26.2. The number of alkyl halides is 1. The predicted molar refractivity (Wildman–Crippen MR) is 171 cm³/mol. The lowest BCUT2D eigenvalue weighted by Gasteiger charge is -2.41. The van der Waals surface area contributed by atoms with Gasteiger partial charge in [0.2, 0.25) is 11.7 Å². The summed E-state index contributed by atoms with van der Waals surface area (Å²) in [6.07, 6.45) is 7.07. The maximum atomic E-state index is 14.5. The summed E-state index contributed by atoms with van der Waals surface area (Å²) < 4.78 is 23.2. The lowest BCUT2D eigenvalue weighted by Crippen LogP contribution is -2.48. The highest BCUT2D eigenvalue weighted by atomic mass is 19.1. The van der Waals surface area contributed by atoms with Crippen LogP contribution < -0.4 is 10.9 Å². The number of halogens is 1. The van der Waals surface area contributed by atoms with Crippen molar-refractivity contribution in [3.63, 3.8) is 0 Å². The van der Waals surface area contributed by atoms with E-state index in [2.05, 4.69) is 10.3 Å². The largest absolute Gasteiger partial charge is 0.505 e. The quantitative estimate of drug-likeness (QED) is 0.322. The third-order valence-corrected chi connectivity index (χ3v) is 11.0. The predicted octanol–water partition coefficient (Wildman–Crippen LogP) is 3.68. The Kier molecular flexibility index (Phi) is 6.43. The second-order valence-corrected chi connectivity index (χ2v) is 13.7. The van der Waals surface area contributed by atoms with Gasteiger partial charge in [-0.15, -0.1) is 5.10 Å². The molecule has 1 spiro atoms. The molecule has 4 aromatic rings. The molecule has 1 saturated heterocycles. The number of hydrogen-bond acceptors (Lipinski definition) is 8. The first-order valence-corrected chi connectivity index (χ1v) is 16.6. The molecule has 5 heterocycles. The van der Waals surface area contributed by atoms with E-state index in [4.69, 9.17) is 14.8 Å². The van der Waals surface area contributed by atoms with E-state index >= 15 is 0 Å². The van der Waals surface area contributed by atoms with E-state index in [1.54, 1.807) is 35.2 Å². The molecule has 1 aromatic carbocycles. The summed E-state index contributed by atoms with van der Waals surface area (Å²) in [5, 5.41) is 17.9. The number of benzene rings is 1. The summed E-state index contributed by atoms with van der Waals surface area (Å²) >= 11 is 0. The van der Waals surface area contributed by atoms with Crippen molar-refractivity contribution in [2.45, 2.75) is 62.1 Å². The highest BCUT2D eigenvalue weighted by Gasteiger charge is 2.64. The van der Waals surface area contributed by atoms with Crippen LogP contribution in [0.2, 0.25) is 0 Å². The molecule has 12 nitrogen and oxygen atoms in total. The first-order valence-electron chi connectivity index (χ1n) is 16.6. The first kappa shape index (κ1) is 29.2. The standard InChI is InChI=1S/C35H34FN7O5/c36-35(9-10-35)21-3-5-22(6-4-21)38-26(45)19-42-29-23-18-24(23)34(11-14-41(15-12-34)32(47)28-25(44)2-1-13-37-28)27(29)31(46)43-33(42)39-30(40-43)20-7-16-48-17-8-20/h1-7,13,23-24,44H,8-12,14-19H2,(H,38,45)/t23-,24+/m0/s1. The fraction of sp³-hybridized carbons (Fsp3) is 0.429. The topological polar surface area (TPSA) is 144 Å². The fourth-order valence-corrected chi connectivity index (χ4v) is 8.28. The second-order valence-electron chi connectivity index (χ2n) is 13.7. The van der Waals surface area contributed by atoms with E-state index in [0.29, 0.717) is 86.8 Å². The fourth-order valence-electron chi connectivity index (χ4n) is 8.28. The number of fused-ring (bicyclic) bond motifs is 6. The average Bonchev–Trinajstić information content (AvgIpc) is 4.00. The number of likely N-dealkylation sites (tertiary alicyclic amines) is 1. The van der Waals surface area contributed by atoms with Crippen molar-refractivity contribution in [2.75, 3.05) is 31.6 Å². The number of aromatic nitrogens is 5. The lowest BCUT2D eigenvalue weighted by atomic mass is 9.71. The maximum Gasteiger partial charge on any atom is 0.279 e. The number of hydrogen-bond donors (Lipinski definition) is 2. The average molecular weight is 652 g/mol. The molecule has 0 unspecified atom stereocenters. The molecule has 2 aliphatic heterocycles. The van der Waals surface area contributed by atoms with Gasteiger partial charge in [0.25, 0.3) is 11.5 Å². The van der Waals surface area contributed by atoms with Crippen LogP contribution in [0.1, 0.15) is 77.6 Å². The Hall–Kier alpha value is -4.91. The van der Waals surface area contributed by atoms with E-state index < -0.39 is 11.1 Å². The van der Waals surface area contributed by atoms with Gasteiger partial charge >= 0.3 is 0 Å². The Labute approximate surface area is 274 Å². The van der Waals surface area contributed by atoms with Crippen LogP contribution in [0.3, 0.4) is 0 Å².